The number of nitrogens with zero attached hydrogens (tertiary/aromatic N) is 1. The molecule has 3 heteroatoms. The Balaban J connectivity index is 1.89. The lowest BCUT2D eigenvalue weighted by atomic mass is 9.92. The second-order valence-corrected chi connectivity index (χ2v) is 5.13. The normalized spacial score (nSPS) is 19.9. The van der Waals surface area contributed by atoms with Gasteiger partial charge < -0.3 is 4.90 Å². The lowest BCUT2D eigenvalue weighted by Crippen LogP contribution is -2.30. The molecule has 2 aromatic carbocycles. The molecule has 0 bridgehead atoms. The Hall–Kier alpha value is -2.16. The van der Waals surface area contributed by atoms with E-state index in [1.54, 1.807) is 6.07 Å². The predicted molar refractivity (Wildman–Crippen MR) is 70.7 cm³/mol. The molecule has 2 nitrogen and oxygen atoms in total. The SMILES string of the molecule is O=C1CC2c3ccccc3CN2c2ccc(F)cc21. The first-order valence-electron chi connectivity index (χ1n) is 6.41. The fourth-order valence-electron chi connectivity index (χ4n) is 3.21. The van der Waals surface area contributed by atoms with E-state index in [1.807, 2.05) is 12.1 Å². The molecule has 19 heavy (non-hydrogen) atoms. The number of ketones is 1. The number of Topliss-reactive ketones (excluding diaryl/α,β-unsaturated/α-hetero) is 1. The van der Waals surface area contributed by atoms with Gasteiger partial charge in [0.1, 0.15) is 5.82 Å². The van der Waals surface area contributed by atoms with Crippen LogP contribution in [0.5, 0.6) is 0 Å². The van der Waals surface area contributed by atoms with E-state index < -0.39 is 0 Å². The highest BCUT2D eigenvalue weighted by Crippen LogP contribution is 2.44. The number of anilines is 1. The summed E-state index contributed by atoms with van der Waals surface area (Å²) in [5.74, 6) is -0.310. The highest BCUT2D eigenvalue weighted by atomic mass is 19.1. The third kappa shape index (κ3) is 1.44. The van der Waals surface area contributed by atoms with Gasteiger partial charge in [-0.2, -0.15) is 0 Å². The van der Waals surface area contributed by atoms with Crippen LogP contribution < -0.4 is 4.90 Å². The topological polar surface area (TPSA) is 20.3 Å². The summed E-state index contributed by atoms with van der Waals surface area (Å²) in [4.78, 5) is 14.4. The molecule has 1 atom stereocenters. The molecule has 0 fully saturated rings. The van der Waals surface area contributed by atoms with Crippen LogP contribution in [-0.4, -0.2) is 5.78 Å². The zero-order valence-corrected chi connectivity index (χ0v) is 10.3. The molecular formula is C16H12FNO. The molecule has 0 aliphatic carbocycles. The van der Waals surface area contributed by atoms with E-state index in [4.69, 9.17) is 0 Å². The molecule has 0 saturated carbocycles. The number of carbonyl (C=O) groups is 1. The zero-order valence-electron chi connectivity index (χ0n) is 10.3. The van der Waals surface area contributed by atoms with Crippen molar-refractivity contribution in [3.63, 3.8) is 0 Å². The van der Waals surface area contributed by atoms with E-state index >= 15 is 0 Å². The Bertz CT molecular complexity index is 695. The fraction of sp³-hybridized carbons (Fsp3) is 0.188. The molecule has 0 amide bonds. The van der Waals surface area contributed by atoms with E-state index in [1.165, 1.54) is 23.3 Å². The summed E-state index contributed by atoms with van der Waals surface area (Å²) in [7, 11) is 0. The zero-order chi connectivity index (χ0) is 13.0. The largest absolute Gasteiger partial charge is 0.359 e. The second kappa shape index (κ2) is 3.67. The van der Waals surface area contributed by atoms with Crippen molar-refractivity contribution >= 4 is 11.5 Å². The molecule has 0 radical (unpaired) electrons. The number of hydrogen-bond donors (Lipinski definition) is 0. The van der Waals surface area contributed by atoms with Crippen molar-refractivity contribution in [2.45, 2.75) is 19.0 Å². The summed E-state index contributed by atoms with van der Waals surface area (Å²) in [6.07, 6.45) is 0.438. The number of halogens is 1. The van der Waals surface area contributed by atoms with Crippen LogP contribution in [0.2, 0.25) is 0 Å². The highest BCUT2D eigenvalue weighted by Gasteiger charge is 2.37. The first-order valence-corrected chi connectivity index (χ1v) is 6.41. The molecule has 2 heterocycles. The van der Waals surface area contributed by atoms with Gasteiger partial charge in [-0.25, -0.2) is 4.39 Å². The van der Waals surface area contributed by atoms with Crippen LogP contribution in [0.15, 0.2) is 42.5 Å². The Kier molecular flexibility index (Phi) is 2.07. The molecule has 4 rings (SSSR count). The van der Waals surface area contributed by atoms with E-state index in [0.29, 0.717) is 12.0 Å². The molecule has 2 aliphatic heterocycles. The lowest BCUT2D eigenvalue weighted by Gasteiger charge is -2.33. The van der Waals surface area contributed by atoms with E-state index in [9.17, 15) is 9.18 Å². The Labute approximate surface area is 110 Å². The Morgan fingerprint density at radius 3 is 2.89 bits per heavy atom. The van der Waals surface area contributed by atoms with Crippen molar-refractivity contribution in [3.8, 4) is 0 Å². The van der Waals surface area contributed by atoms with Crippen molar-refractivity contribution in [1.29, 1.82) is 0 Å². The molecule has 2 aromatic rings. The van der Waals surface area contributed by atoms with Gasteiger partial charge in [0.25, 0.3) is 0 Å². The number of rotatable bonds is 0. The van der Waals surface area contributed by atoms with Crippen molar-refractivity contribution < 1.29 is 9.18 Å². The van der Waals surface area contributed by atoms with Gasteiger partial charge in [0.05, 0.1) is 6.04 Å². The first-order chi connectivity index (χ1) is 9.24. The van der Waals surface area contributed by atoms with Crippen LogP contribution in [0.3, 0.4) is 0 Å². The monoisotopic (exact) mass is 253 g/mol. The van der Waals surface area contributed by atoms with Gasteiger partial charge in [-0.15, -0.1) is 0 Å². The summed E-state index contributed by atoms with van der Waals surface area (Å²) in [6.45, 7) is 0.798. The van der Waals surface area contributed by atoms with Gasteiger partial charge in [0.2, 0.25) is 0 Å². The minimum absolute atomic E-state index is 0.0347. The number of hydrogen-bond acceptors (Lipinski definition) is 2. The van der Waals surface area contributed by atoms with Crippen LogP contribution in [0, 0.1) is 5.82 Å². The Morgan fingerprint density at radius 2 is 2.00 bits per heavy atom. The van der Waals surface area contributed by atoms with Crippen molar-refractivity contribution in [2.75, 3.05) is 4.90 Å². The van der Waals surface area contributed by atoms with Crippen LogP contribution in [0.1, 0.15) is 33.9 Å². The van der Waals surface area contributed by atoms with Gasteiger partial charge in [-0.3, -0.25) is 4.79 Å². The van der Waals surface area contributed by atoms with Crippen LogP contribution in [0.4, 0.5) is 10.1 Å². The summed E-state index contributed by atoms with van der Waals surface area (Å²) in [5, 5.41) is 0. The highest BCUT2D eigenvalue weighted by molar-refractivity contribution is 6.04. The number of benzene rings is 2. The molecular weight excluding hydrogens is 241 g/mol. The summed E-state index contributed by atoms with van der Waals surface area (Å²) in [5.41, 5.74) is 3.87. The van der Waals surface area contributed by atoms with Crippen LogP contribution >= 0.6 is 0 Å². The van der Waals surface area contributed by atoms with Crippen molar-refractivity contribution in [2.24, 2.45) is 0 Å². The van der Waals surface area contributed by atoms with Crippen molar-refractivity contribution in [3.05, 3.63) is 65.0 Å². The van der Waals surface area contributed by atoms with Crippen molar-refractivity contribution in [1.82, 2.24) is 0 Å². The molecule has 0 N–H and O–H groups in total. The maximum Gasteiger partial charge on any atom is 0.167 e. The van der Waals surface area contributed by atoms with E-state index in [0.717, 1.165) is 12.2 Å². The summed E-state index contributed by atoms with van der Waals surface area (Å²) >= 11 is 0. The first kappa shape index (κ1) is 10.7. The average molecular weight is 253 g/mol. The van der Waals surface area contributed by atoms with Gasteiger partial charge in [0.15, 0.2) is 5.78 Å². The minimum Gasteiger partial charge on any atom is -0.359 e. The van der Waals surface area contributed by atoms with Gasteiger partial charge >= 0.3 is 0 Å². The van der Waals surface area contributed by atoms with Gasteiger partial charge in [-0.05, 0) is 29.3 Å². The summed E-state index contributed by atoms with van der Waals surface area (Å²) < 4.78 is 13.3. The minimum atomic E-state index is -0.345. The quantitative estimate of drug-likeness (QED) is 0.716. The molecule has 0 saturated heterocycles. The number of carbonyl (C=O) groups excluding carboxylic acids is 1. The van der Waals surface area contributed by atoms with Crippen LogP contribution in [-0.2, 0) is 6.54 Å². The molecule has 0 spiro atoms. The molecule has 2 aliphatic rings. The standard InChI is InChI=1S/C16H12FNO/c17-11-5-6-14-13(7-11)16(19)8-15-12-4-2-1-3-10(12)9-18(14)15/h1-7,15H,8-9H2. The molecule has 0 aromatic heterocycles. The average Bonchev–Trinajstić information content (AvgIpc) is 2.78. The van der Waals surface area contributed by atoms with Gasteiger partial charge in [0, 0.05) is 24.2 Å². The molecule has 94 valence electrons. The second-order valence-electron chi connectivity index (χ2n) is 5.13. The Morgan fingerprint density at radius 1 is 1.16 bits per heavy atom. The third-order valence-electron chi connectivity index (χ3n) is 4.08. The van der Waals surface area contributed by atoms with Gasteiger partial charge in [-0.1, -0.05) is 24.3 Å². The molecule has 1 unspecified atom stereocenters. The number of fused-ring (bicyclic) bond motifs is 5. The van der Waals surface area contributed by atoms with E-state index in [2.05, 4.69) is 17.0 Å². The maximum atomic E-state index is 13.3. The summed E-state index contributed by atoms with van der Waals surface area (Å²) in [6, 6.07) is 12.8. The third-order valence-corrected chi connectivity index (χ3v) is 4.08. The van der Waals surface area contributed by atoms with Crippen LogP contribution in [0.25, 0.3) is 0 Å². The fourth-order valence-corrected chi connectivity index (χ4v) is 3.21. The maximum absolute atomic E-state index is 13.3. The van der Waals surface area contributed by atoms with E-state index in [-0.39, 0.29) is 17.6 Å². The predicted octanol–water partition coefficient (Wildman–Crippen LogP) is 3.47. The lowest BCUT2D eigenvalue weighted by molar-refractivity contribution is 0.0967. The smallest absolute Gasteiger partial charge is 0.167 e.